The highest BCUT2D eigenvalue weighted by Crippen LogP contribution is 2.68. The van der Waals surface area contributed by atoms with Crippen molar-refractivity contribution >= 4 is 14.3 Å². The maximum absolute atomic E-state index is 11.8. The Bertz CT molecular complexity index is 431. The first kappa shape index (κ1) is 16.5. The molecule has 0 aromatic heterocycles. The molecule has 0 spiro atoms. The van der Waals surface area contributed by atoms with Crippen molar-refractivity contribution in [2.75, 3.05) is 14.2 Å². The molecule has 0 N–H and O–H groups in total. The molecule has 4 rings (SSSR count). The zero-order chi connectivity index (χ0) is 16.1. The van der Waals surface area contributed by atoms with Gasteiger partial charge in [-0.15, -0.1) is 0 Å². The summed E-state index contributed by atoms with van der Waals surface area (Å²) >= 11 is 0. The third-order valence-electron chi connectivity index (χ3n) is 6.85. The van der Waals surface area contributed by atoms with E-state index in [-0.39, 0.29) is 11.9 Å². The van der Waals surface area contributed by atoms with Gasteiger partial charge in [0.1, 0.15) is 0 Å². The molecule has 0 amide bonds. The van der Waals surface area contributed by atoms with E-state index >= 15 is 0 Å². The van der Waals surface area contributed by atoms with Gasteiger partial charge in [0.25, 0.3) is 0 Å². The van der Waals surface area contributed by atoms with E-state index in [1.54, 1.807) is 14.2 Å². The van der Waals surface area contributed by atoms with Crippen LogP contribution in [0.3, 0.4) is 0 Å². The fourth-order valence-electron chi connectivity index (χ4n) is 5.99. The van der Waals surface area contributed by atoms with Crippen LogP contribution in [-0.2, 0) is 14.0 Å². The van der Waals surface area contributed by atoms with Crippen molar-refractivity contribution in [2.45, 2.75) is 51.7 Å². The Morgan fingerprint density at radius 2 is 1.50 bits per heavy atom. The van der Waals surface area contributed by atoms with Crippen molar-refractivity contribution < 1.29 is 14.0 Å². The monoisotopic (exact) mass is 324 g/mol. The van der Waals surface area contributed by atoms with Crippen LogP contribution in [0.25, 0.3) is 0 Å². The molecule has 3 nitrogen and oxygen atoms in total. The van der Waals surface area contributed by atoms with Crippen LogP contribution in [0.2, 0.25) is 19.6 Å². The largest absolute Gasteiger partial charge is 0.469 e. The van der Waals surface area contributed by atoms with Crippen molar-refractivity contribution in [2.24, 2.45) is 41.4 Å². The second kappa shape index (κ2) is 5.93. The first-order chi connectivity index (χ1) is 10.4. The van der Waals surface area contributed by atoms with Gasteiger partial charge >= 0.3 is 5.97 Å². The van der Waals surface area contributed by atoms with Gasteiger partial charge in [-0.3, -0.25) is 4.79 Å². The van der Waals surface area contributed by atoms with E-state index in [1.165, 1.54) is 25.7 Å². The lowest BCUT2D eigenvalue weighted by Gasteiger charge is -2.37. The van der Waals surface area contributed by atoms with Crippen LogP contribution in [-0.4, -0.2) is 28.5 Å². The van der Waals surface area contributed by atoms with E-state index < -0.39 is 8.32 Å². The summed E-state index contributed by atoms with van der Waals surface area (Å²) in [6.45, 7) is 6.48. The standard InChI is InChI=1S/C14H20O2.C4H12OSi/c1-16-14(15)11-6-9-5-10(11)13-8-3-2-7(4-8)12(9)13;1-5-6(2,3)4/h7-13H,2-6H2,1H3;1-4H3. The van der Waals surface area contributed by atoms with Gasteiger partial charge in [0.2, 0.25) is 0 Å². The van der Waals surface area contributed by atoms with Crippen LogP contribution in [0.5, 0.6) is 0 Å². The van der Waals surface area contributed by atoms with Crippen molar-refractivity contribution in [3.63, 3.8) is 0 Å². The number of carbonyl (C=O) groups is 1. The molecule has 0 heterocycles. The maximum atomic E-state index is 11.8. The predicted molar refractivity (Wildman–Crippen MR) is 89.9 cm³/mol. The molecule has 0 aliphatic heterocycles. The summed E-state index contributed by atoms with van der Waals surface area (Å²) in [5.74, 6) is 5.81. The Labute approximate surface area is 136 Å². The molecule has 0 aromatic rings. The lowest BCUT2D eigenvalue weighted by atomic mass is 9.67. The summed E-state index contributed by atoms with van der Waals surface area (Å²) in [4.78, 5) is 11.8. The molecular formula is C18H32O3Si. The molecule has 0 radical (unpaired) electrons. The lowest BCUT2D eigenvalue weighted by Crippen LogP contribution is -2.36. The van der Waals surface area contributed by atoms with Gasteiger partial charge in [0.15, 0.2) is 8.32 Å². The Kier molecular flexibility index (Phi) is 4.45. The molecule has 4 aliphatic rings. The number of methoxy groups -OCH3 is 1. The molecule has 0 saturated heterocycles. The van der Waals surface area contributed by atoms with Gasteiger partial charge in [0.05, 0.1) is 13.0 Å². The van der Waals surface area contributed by atoms with Crippen LogP contribution in [0, 0.1) is 41.4 Å². The zero-order valence-corrected chi connectivity index (χ0v) is 15.8. The Morgan fingerprint density at radius 1 is 0.909 bits per heavy atom. The molecule has 4 fully saturated rings. The average molecular weight is 325 g/mol. The minimum atomic E-state index is -1.13. The van der Waals surface area contributed by atoms with Crippen molar-refractivity contribution in [3.8, 4) is 0 Å². The first-order valence-corrected chi connectivity index (χ1v) is 12.4. The molecule has 22 heavy (non-hydrogen) atoms. The number of hydrogen-bond donors (Lipinski definition) is 0. The smallest absolute Gasteiger partial charge is 0.308 e. The van der Waals surface area contributed by atoms with Crippen LogP contribution >= 0.6 is 0 Å². The normalized spacial score (nSPS) is 44.5. The second-order valence-corrected chi connectivity index (χ2v) is 13.5. The molecule has 0 aromatic carbocycles. The maximum Gasteiger partial charge on any atom is 0.308 e. The predicted octanol–water partition coefficient (Wildman–Crippen LogP) is 3.95. The highest BCUT2D eigenvalue weighted by molar-refractivity contribution is 6.69. The number of hydrogen-bond acceptors (Lipinski definition) is 3. The van der Waals surface area contributed by atoms with Gasteiger partial charge < -0.3 is 9.16 Å². The molecule has 126 valence electrons. The van der Waals surface area contributed by atoms with E-state index in [4.69, 9.17) is 9.16 Å². The van der Waals surface area contributed by atoms with Crippen LogP contribution in [0.1, 0.15) is 32.1 Å². The van der Waals surface area contributed by atoms with Gasteiger partial charge in [-0.05, 0) is 87.3 Å². The van der Waals surface area contributed by atoms with E-state index in [0.717, 1.165) is 36.0 Å². The molecular weight excluding hydrogens is 292 g/mol. The lowest BCUT2D eigenvalue weighted by molar-refractivity contribution is -0.149. The van der Waals surface area contributed by atoms with Crippen LogP contribution < -0.4 is 0 Å². The highest BCUT2D eigenvalue weighted by atomic mass is 28.4. The molecule has 4 aliphatic carbocycles. The highest BCUT2D eigenvalue weighted by Gasteiger charge is 2.63. The summed E-state index contributed by atoms with van der Waals surface area (Å²) in [5.41, 5.74) is 0. The van der Waals surface area contributed by atoms with Gasteiger partial charge in [-0.25, -0.2) is 0 Å². The zero-order valence-electron chi connectivity index (χ0n) is 14.8. The van der Waals surface area contributed by atoms with E-state index in [2.05, 4.69) is 19.6 Å². The van der Waals surface area contributed by atoms with Gasteiger partial charge in [-0.2, -0.15) is 0 Å². The number of esters is 1. The number of fused-ring (bicyclic) bond motifs is 9. The van der Waals surface area contributed by atoms with E-state index in [9.17, 15) is 4.79 Å². The summed E-state index contributed by atoms with van der Waals surface area (Å²) < 4.78 is 10.1. The van der Waals surface area contributed by atoms with Crippen LogP contribution in [0.4, 0.5) is 0 Å². The summed E-state index contributed by atoms with van der Waals surface area (Å²) in [6, 6.07) is 0. The van der Waals surface area contributed by atoms with Gasteiger partial charge in [-0.1, -0.05) is 0 Å². The topological polar surface area (TPSA) is 35.5 Å². The number of rotatable bonds is 2. The average Bonchev–Trinajstić information content (AvgIpc) is 3.23. The minimum Gasteiger partial charge on any atom is -0.469 e. The number of carbonyl (C=O) groups excluding carboxylic acids is 1. The second-order valence-electron chi connectivity index (χ2n) is 8.83. The van der Waals surface area contributed by atoms with Gasteiger partial charge in [0, 0.05) is 7.11 Å². The van der Waals surface area contributed by atoms with Crippen LogP contribution in [0.15, 0.2) is 0 Å². The Balaban J connectivity index is 0.000000209. The molecule has 4 saturated carbocycles. The molecule has 7 atom stereocenters. The minimum absolute atomic E-state index is 0.0775. The fraction of sp³-hybridized carbons (Fsp3) is 0.944. The summed E-state index contributed by atoms with van der Waals surface area (Å²) in [7, 11) is 2.19. The molecule has 7 unspecified atom stereocenters. The third kappa shape index (κ3) is 2.77. The van der Waals surface area contributed by atoms with Crippen molar-refractivity contribution in [1.82, 2.24) is 0 Å². The summed E-state index contributed by atoms with van der Waals surface area (Å²) in [6.07, 6.45) is 6.89. The Morgan fingerprint density at radius 3 is 2.05 bits per heavy atom. The third-order valence-corrected chi connectivity index (χ3v) is 8.08. The SMILES string of the molecule is COC(=O)C1CC2CC1C1C3CCC(C3)C21.CO[Si](C)(C)C. The quantitative estimate of drug-likeness (QED) is 0.438. The summed E-state index contributed by atoms with van der Waals surface area (Å²) in [5, 5.41) is 0. The first-order valence-electron chi connectivity index (χ1n) is 8.98. The van der Waals surface area contributed by atoms with Crippen molar-refractivity contribution in [3.05, 3.63) is 0 Å². The fourth-order valence-corrected chi connectivity index (χ4v) is 5.99. The van der Waals surface area contributed by atoms with E-state index in [0.29, 0.717) is 5.92 Å². The molecule has 4 heteroatoms. The Hall–Kier alpha value is -0.353. The molecule has 4 bridgehead atoms. The van der Waals surface area contributed by atoms with E-state index in [1.807, 2.05) is 0 Å². The van der Waals surface area contributed by atoms with Crippen molar-refractivity contribution in [1.29, 1.82) is 0 Å². The number of ether oxygens (including phenoxy) is 1.